The number of sulfone groups is 1. The summed E-state index contributed by atoms with van der Waals surface area (Å²) in [6.45, 7) is 3.49. The van der Waals surface area contributed by atoms with E-state index in [2.05, 4.69) is 5.16 Å². The Labute approximate surface area is 112 Å². The molecule has 19 heavy (non-hydrogen) atoms. The highest BCUT2D eigenvalue weighted by atomic mass is 32.2. The number of amides is 1. The number of carbonyl (C=O) groups is 1. The van der Waals surface area contributed by atoms with Crippen molar-refractivity contribution in [2.24, 2.45) is 0 Å². The van der Waals surface area contributed by atoms with Gasteiger partial charge in [-0.15, -0.1) is 0 Å². The summed E-state index contributed by atoms with van der Waals surface area (Å²) in [4.78, 5) is 14.0. The van der Waals surface area contributed by atoms with Gasteiger partial charge in [0.25, 0.3) is 5.91 Å². The first kappa shape index (κ1) is 14.0. The molecule has 1 aromatic rings. The molecule has 0 bridgehead atoms. The predicted molar refractivity (Wildman–Crippen MR) is 69.6 cm³/mol. The van der Waals surface area contributed by atoms with Crippen molar-refractivity contribution in [2.75, 3.05) is 12.0 Å². The molecule has 0 aromatic carbocycles. The number of rotatable bonds is 5. The molecule has 0 saturated heterocycles. The fourth-order valence-corrected chi connectivity index (χ4v) is 3.23. The van der Waals surface area contributed by atoms with Gasteiger partial charge in [-0.3, -0.25) is 4.79 Å². The third-order valence-electron chi connectivity index (χ3n) is 3.03. The van der Waals surface area contributed by atoms with Crippen LogP contribution < -0.4 is 0 Å². The van der Waals surface area contributed by atoms with Crippen LogP contribution >= 0.6 is 0 Å². The zero-order chi connectivity index (χ0) is 14.2. The fourth-order valence-electron chi connectivity index (χ4n) is 2.19. The summed E-state index contributed by atoms with van der Waals surface area (Å²) in [7, 11) is -3.12. The third-order valence-corrected chi connectivity index (χ3v) is 4.12. The number of aromatic nitrogens is 1. The van der Waals surface area contributed by atoms with Crippen molar-refractivity contribution in [3.63, 3.8) is 0 Å². The van der Waals surface area contributed by atoms with Crippen molar-refractivity contribution >= 4 is 15.7 Å². The van der Waals surface area contributed by atoms with Crippen LogP contribution in [0.3, 0.4) is 0 Å². The molecular formula is C12H18N2O4S. The van der Waals surface area contributed by atoms with Gasteiger partial charge in [0, 0.05) is 24.4 Å². The van der Waals surface area contributed by atoms with E-state index < -0.39 is 9.84 Å². The van der Waals surface area contributed by atoms with Crippen molar-refractivity contribution in [3.05, 3.63) is 17.5 Å². The minimum absolute atomic E-state index is 0.0393. The first-order chi connectivity index (χ1) is 8.78. The Morgan fingerprint density at radius 3 is 2.63 bits per heavy atom. The van der Waals surface area contributed by atoms with Gasteiger partial charge in [-0.1, -0.05) is 5.16 Å². The first-order valence-corrected chi connectivity index (χ1v) is 8.27. The van der Waals surface area contributed by atoms with Gasteiger partial charge in [0.15, 0.2) is 0 Å². The Balaban J connectivity index is 2.18. The van der Waals surface area contributed by atoms with Crippen LogP contribution in [0.4, 0.5) is 0 Å². The summed E-state index contributed by atoms with van der Waals surface area (Å²) in [5.74, 6) is -0.147. The molecule has 0 aliphatic heterocycles. The van der Waals surface area contributed by atoms with Gasteiger partial charge in [0.05, 0.1) is 11.4 Å². The summed E-state index contributed by atoms with van der Waals surface area (Å²) >= 11 is 0. The van der Waals surface area contributed by atoms with Crippen molar-refractivity contribution < 1.29 is 17.7 Å². The molecule has 1 atom stereocenters. The molecule has 1 aliphatic carbocycles. The van der Waals surface area contributed by atoms with Gasteiger partial charge >= 0.3 is 0 Å². The van der Waals surface area contributed by atoms with Gasteiger partial charge in [-0.05, 0) is 26.7 Å². The van der Waals surface area contributed by atoms with Crippen LogP contribution in [0.2, 0.25) is 0 Å². The smallest absolute Gasteiger partial charge is 0.292 e. The largest absolute Gasteiger partial charge is 0.351 e. The summed E-state index contributed by atoms with van der Waals surface area (Å²) in [6, 6.07) is 1.33. The molecule has 0 spiro atoms. The Bertz CT molecular complexity index is 574. The van der Waals surface area contributed by atoms with Crippen LogP contribution in [-0.4, -0.2) is 48.5 Å². The molecule has 0 N–H and O–H groups in total. The lowest BCUT2D eigenvalue weighted by molar-refractivity contribution is 0.0650. The van der Waals surface area contributed by atoms with Crippen LogP contribution in [0.1, 0.15) is 36.0 Å². The lowest BCUT2D eigenvalue weighted by atomic mass is 10.2. The van der Waals surface area contributed by atoms with Gasteiger partial charge in [0.1, 0.15) is 9.84 Å². The Kier molecular flexibility index (Phi) is 3.66. The summed E-state index contributed by atoms with van der Waals surface area (Å²) in [5, 5.41) is 3.69. The maximum absolute atomic E-state index is 12.4. The molecule has 0 unspecified atom stereocenters. The van der Waals surface area contributed by atoms with Crippen LogP contribution in [0.5, 0.6) is 0 Å². The minimum atomic E-state index is -3.12. The molecule has 1 aromatic heterocycles. The van der Waals surface area contributed by atoms with Crippen molar-refractivity contribution in [1.29, 1.82) is 0 Å². The van der Waals surface area contributed by atoms with Crippen LogP contribution in [0.15, 0.2) is 10.6 Å². The Hall–Kier alpha value is -1.37. The van der Waals surface area contributed by atoms with E-state index in [1.165, 1.54) is 6.26 Å². The number of carbonyl (C=O) groups excluding carboxylic acids is 1. The Morgan fingerprint density at radius 2 is 2.21 bits per heavy atom. The van der Waals surface area contributed by atoms with E-state index in [4.69, 9.17) is 4.52 Å². The fraction of sp³-hybridized carbons (Fsp3) is 0.667. The number of hydrogen-bond donors (Lipinski definition) is 0. The van der Waals surface area contributed by atoms with E-state index in [0.717, 1.165) is 12.8 Å². The molecule has 2 rings (SSSR count). The summed E-state index contributed by atoms with van der Waals surface area (Å²) < 4.78 is 27.7. The van der Waals surface area contributed by atoms with E-state index in [9.17, 15) is 13.2 Å². The van der Waals surface area contributed by atoms with E-state index in [1.807, 2.05) is 0 Å². The van der Waals surface area contributed by atoms with Gasteiger partial charge in [-0.2, -0.15) is 0 Å². The standard InChI is InChI=1S/C12H18N2O4S/c1-8-6-11(18-13-8)12(15)14(10-4-5-10)9(2)7-19(3,16)17/h6,9-10H,4-5,7H2,1-3H3/t9-/m0/s1. The summed E-state index contributed by atoms with van der Waals surface area (Å²) in [5.41, 5.74) is 0.634. The molecule has 1 aliphatic rings. The summed E-state index contributed by atoms with van der Waals surface area (Å²) in [6.07, 6.45) is 3.00. The van der Waals surface area contributed by atoms with Crippen LogP contribution in [0.25, 0.3) is 0 Å². The van der Waals surface area contributed by atoms with Gasteiger partial charge in [-0.25, -0.2) is 8.42 Å². The average molecular weight is 286 g/mol. The zero-order valence-electron chi connectivity index (χ0n) is 11.3. The highest BCUT2D eigenvalue weighted by Crippen LogP contribution is 2.30. The van der Waals surface area contributed by atoms with Crippen LogP contribution in [0, 0.1) is 6.92 Å². The number of nitrogens with zero attached hydrogens (tertiary/aromatic N) is 2. The molecule has 6 nitrogen and oxygen atoms in total. The van der Waals surface area contributed by atoms with Crippen LogP contribution in [-0.2, 0) is 9.84 Å². The quantitative estimate of drug-likeness (QED) is 0.807. The topological polar surface area (TPSA) is 80.5 Å². The second-order valence-electron chi connectivity index (χ2n) is 5.22. The monoisotopic (exact) mass is 286 g/mol. The van der Waals surface area contributed by atoms with E-state index in [-0.39, 0.29) is 29.5 Å². The third kappa shape index (κ3) is 3.56. The molecule has 106 valence electrons. The zero-order valence-corrected chi connectivity index (χ0v) is 12.1. The maximum Gasteiger partial charge on any atom is 0.292 e. The molecule has 1 heterocycles. The molecule has 1 amide bonds. The number of hydrogen-bond acceptors (Lipinski definition) is 5. The lowest BCUT2D eigenvalue weighted by Gasteiger charge is -2.27. The SMILES string of the molecule is Cc1cc(C(=O)N(C2CC2)[C@@H](C)CS(C)(=O)=O)on1. The average Bonchev–Trinajstić information content (AvgIpc) is 2.97. The van der Waals surface area contributed by atoms with Crippen molar-refractivity contribution in [3.8, 4) is 0 Å². The number of aryl methyl sites for hydroxylation is 1. The molecule has 1 fully saturated rings. The second kappa shape index (κ2) is 4.96. The first-order valence-electron chi connectivity index (χ1n) is 6.21. The van der Waals surface area contributed by atoms with Crippen molar-refractivity contribution in [1.82, 2.24) is 10.1 Å². The second-order valence-corrected chi connectivity index (χ2v) is 7.40. The minimum Gasteiger partial charge on any atom is -0.351 e. The van der Waals surface area contributed by atoms with E-state index in [0.29, 0.717) is 5.69 Å². The molecular weight excluding hydrogens is 268 g/mol. The normalized spacial score (nSPS) is 17.2. The highest BCUT2D eigenvalue weighted by molar-refractivity contribution is 7.90. The predicted octanol–water partition coefficient (Wildman–Crippen LogP) is 1.02. The van der Waals surface area contributed by atoms with Gasteiger partial charge in [0.2, 0.25) is 5.76 Å². The maximum atomic E-state index is 12.4. The van der Waals surface area contributed by atoms with E-state index in [1.54, 1.807) is 24.8 Å². The molecule has 0 radical (unpaired) electrons. The molecule has 1 saturated carbocycles. The lowest BCUT2D eigenvalue weighted by Crippen LogP contribution is -2.43. The van der Waals surface area contributed by atoms with Gasteiger partial charge < -0.3 is 9.42 Å². The Morgan fingerprint density at radius 1 is 1.58 bits per heavy atom. The van der Waals surface area contributed by atoms with E-state index >= 15 is 0 Å². The highest BCUT2D eigenvalue weighted by Gasteiger charge is 2.38. The molecule has 7 heteroatoms. The van der Waals surface area contributed by atoms with Crippen molar-refractivity contribution in [2.45, 2.75) is 38.8 Å².